The Morgan fingerprint density at radius 2 is 1.71 bits per heavy atom. The largest absolute Gasteiger partial charge is 0.307 e. The Bertz CT molecular complexity index is 416. The van der Waals surface area contributed by atoms with Crippen LogP contribution in [-0.2, 0) is 5.54 Å². The second-order valence-corrected chi connectivity index (χ2v) is 6.69. The molecule has 1 saturated heterocycles. The summed E-state index contributed by atoms with van der Waals surface area (Å²) in [6.45, 7) is 12.8. The van der Waals surface area contributed by atoms with Crippen LogP contribution >= 0.6 is 0 Å². The Hall–Kier alpha value is -0.860. The Kier molecular flexibility index (Phi) is 5.45. The SMILES string of the molecule is CCC(CC)(CC)N1CCCNC(C)(c2ccccc2)C1. The Morgan fingerprint density at radius 1 is 1.10 bits per heavy atom. The molecular formula is C19H32N2. The van der Waals surface area contributed by atoms with Gasteiger partial charge in [0.25, 0.3) is 0 Å². The Balaban J connectivity index is 2.30. The summed E-state index contributed by atoms with van der Waals surface area (Å²) in [7, 11) is 0. The van der Waals surface area contributed by atoms with Gasteiger partial charge in [-0.2, -0.15) is 0 Å². The summed E-state index contributed by atoms with van der Waals surface area (Å²) < 4.78 is 0. The maximum Gasteiger partial charge on any atom is 0.0535 e. The van der Waals surface area contributed by atoms with Crippen LogP contribution in [0.25, 0.3) is 0 Å². The second kappa shape index (κ2) is 6.93. The van der Waals surface area contributed by atoms with E-state index in [-0.39, 0.29) is 5.54 Å². The molecule has 2 rings (SSSR count). The first-order valence-corrected chi connectivity index (χ1v) is 8.66. The van der Waals surface area contributed by atoms with Gasteiger partial charge in [-0.15, -0.1) is 0 Å². The van der Waals surface area contributed by atoms with Gasteiger partial charge in [0.05, 0.1) is 5.54 Å². The predicted molar refractivity (Wildman–Crippen MR) is 91.6 cm³/mol. The zero-order valence-corrected chi connectivity index (χ0v) is 14.3. The Morgan fingerprint density at radius 3 is 2.29 bits per heavy atom. The average Bonchev–Trinajstić information content (AvgIpc) is 2.74. The molecule has 0 spiro atoms. The first kappa shape index (κ1) is 16.5. The molecule has 2 heteroatoms. The summed E-state index contributed by atoms with van der Waals surface area (Å²) in [5.41, 5.74) is 1.83. The first-order valence-electron chi connectivity index (χ1n) is 8.66. The average molecular weight is 288 g/mol. The van der Waals surface area contributed by atoms with Crippen molar-refractivity contribution >= 4 is 0 Å². The standard InChI is InChI=1S/C19H32N2/c1-5-19(6-2,7-3)21-15-11-14-20-18(4,16-21)17-12-9-8-10-13-17/h8-10,12-13,20H,5-7,11,14-16H2,1-4H3. The van der Waals surface area contributed by atoms with E-state index in [4.69, 9.17) is 0 Å². The van der Waals surface area contributed by atoms with E-state index in [9.17, 15) is 0 Å². The number of hydrogen-bond acceptors (Lipinski definition) is 2. The third kappa shape index (κ3) is 3.32. The number of nitrogens with one attached hydrogen (secondary N) is 1. The molecule has 1 aliphatic heterocycles. The third-order valence-electron chi connectivity index (χ3n) is 5.68. The molecule has 1 aromatic rings. The van der Waals surface area contributed by atoms with Gasteiger partial charge in [0.1, 0.15) is 0 Å². The zero-order valence-electron chi connectivity index (χ0n) is 14.3. The molecule has 118 valence electrons. The second-order valence-electron chi connectivity index (χ2n) is 6.69. The van der Waals surface area contributed by atoms with E-state index < -0.39 is 0 Å². The van der Waals surface area contributed by atoms with Crippen molar-refractivity contribution in [2.75, 3.05) is 19.6 Å². The van der Waals surface area contributed by atoms with E-state index in [1.807, 2.05) is 0 Å². The van der Waals surface area contributed by atoms with Crippen LogP contribution in [0.15, 0.2) is 30.3 Å². The van der Waals surface area contributed by atoms with Gasteiger partial charge in [-0.3, -0.25) is 4.90 Å². The molecule has 1 heterocycles. The number of rotatable bonds is 5. The highest BCUT2D eigenvalue weighted by Crippen LogP contribution is 2.33. The first-order chi connectivity index (χ1) is 10.1. The van der Waals surface area contributed by atoms with E-state index >= 15 is 0 Å². The van der Waals surface area contributed by atoms with Crippen LogP contribution in [0, 0.1) is 0 Å². The van der Waals surface area contributed by atoms with Crippen molar-refractivity contribution in [3.05, 3.63) is 35.9 Å². The predicted octanol–water partition coefficient (Wildman–Crippen LogP) is 4.17. The fraction of sp³-hybridized carbons (Fsp3) is 0.684. The quantitative estimate of drug-likeness (QED) is 0.875. The van der Waals surface area contributed by atoms with Crippen molar-refractivity contribution in [1.82, 2.24) is 10.2 Å². The van der Waals surface area contributed by atoms with E-state index in [1.54, 1.807) is 0 Å². The highest BCUT2D eigenvalue weighted by atomic mass is 15.2. The van der Waals surface area contributed by atoms with Gasteiger partial charge >= 0.3 is 0 Å². The van der Waals surface area contributed by atoms with Gasteiger partial charge in [-0.25, -0.2) is 0 Å². The third-order valence-corrected chi connectivity index (χ3v) is 5.68. The molecule has 0 amide bonds. The zero-order chi connectivity index (χ0) is 15.3. The lowest BCUT2D eigenvalue weighted by Crippen LogP contribution is -2.54. The Labute approximate surface area is 130 Å². The van der Waals surface area contributed by atoms with Crippen molar-refractivity contribution in [1.29, 1.82) is 0 Å². The minimum absolute atomic E-state index is 0.0581. The lowest BCUT2D eigenvalue weighted by molar-refractivity contribution is 0.0564. The van der Waals surface area contributed by atoms with Crippen molar-refractivity contribution in [2.45, 2.75) is 64.5 Å². The normalized spacial score (nSPS) is 24.8. The maximum absolute atomic E-state index is 3.81. The van der Waals surface area contributed by atoms with Crippen LogP contribution in [0.4, 0.5) is 0 Å². The minimum Gasteiger partial charge on any atom is -0.307 e. The smallest absolute Gasteiger partial charge is 0.0535 e. The van der Waals surface area contributed by atoms with Crippen LogP contribution in [0.2, 0.25) is 0 Å². The summed E-state index contributed by atoms with van der Waals surface area (Å²) >= 11 is 0. The van der Waals surface area contributed by atoms with Crippen LogP contribution in [0.1, 0.15) is 58.9 Å². The molecule has 1 fully saturated rings. The molecular weight excluding hydrogens is 256 g/mol. The van der Waals surface area contributed by atoms with Gasteiger partial charge in [0.2, 0.25) is 0 Å². The summed E-state index contributed by atoms with van der Waals surface area (Å²) in [5, 5.41) is 3.81. The lowest BCUT2D eigenvalue weighted by atomic mass is 9.84. The molecule has 1 N–H and O–H groups in total. The monoisotopic (exact) mass is 288 g/mol. The maximum atomic E-state index is 3.81. The molecule has 0 aliphatic carbocycles. The van der Waals surface area contributed by atoms with Gasteiger partial charge in [-0.05, 0) is 51.3 Å². The van der Waals surface area contributed by atoms with Crippen LogP contribution in [0.3, 0.4) is 0 Å². The van der Waals surface area contributed by atoms with Crippen LogP contribution < -0.4 is 5.32 Å². The van der Waals surface area contributed by atoms with Gasteiger partial charge < -0.3 is 5.32 Å². The number of nitrogens with zero attached hydrogens (tertiary/aromatic N) is 1. The summed E-state index contributed by atoms with van der Waals surface area (Å²) in [6, 6.07) is 11.0. The molecule has 0 saturated carbocycles. The van der Waals surface area contributed by atoms with Crippen LogP contribution in [0.5, 0.6) is 0 Å². The summed E-state index contributed by atoms with van der Waals surface area (Å²) in [4.78, 5) is 2.76. The molecule has 1 aromatic carbocycles. The van der Waals surface area contributed by atoms with E-state index in [0.29, 0.717) is 5.54 Å². The van der Waals surface area contributed by atoms with Gasteiger partial charge in [0.15, 0.2) is 0 Å². The molecule has 0 bridgehead atoms. The van der Waals surface area contributed by atoms with Crippen LogP contribution in [-0.4, -0.2) is 30.1 Å². The molecule has 2 nitrogen and oxygen atoms in total. The highest BCUT2D eigenvalue weighted by molar-refractivity contribution is 5.24. The molecule has 1 aliphatic rings. The van der Waals surface area contributed by atoms with Crippen molar-refractivity contribution in [3.8, 4) is 0 Å². The highest BCUT2D eigenvalue weighted by Gasteiger charge is 2.38. The fourth-order valence-corrected chi connectivity index (χ4v) is 3.98. The number of hydrogen-bond donors (Lipinski definition) is 1. The lowest BCUT2D eigenvalue weighted by Gasteiger charge is -2.46. The molecule has 1 atom stereocenters. The molecule has 0 aromatic heterocycles. The fourth-order valence-electron chi connectivity index (χ4n) is 3.98. The van der Waals surface area contributed by atoms with E-state index in [1.165, 1.54) is 37.8 Å². The number of benzene rings is 1. The summed E-state index contributed by atoms with van der Waals surface area (Å²) in [6.07, 6.45) is 4.96. The van der Waals surface area contributed by atoms with Gasteiger partial charge in [0, 0.05) is 12.1 Å². The van der Waals surface area contributed by atoms with Crippen molar-refractivity contribution < 1.29 is 0 Å². The van der Waals surface area contributed by atoms with Gasteiger partial charge in [-0.1, -0.05) is 51.1 Å². The topological polar surface area (TPSA) is 15.3 Å². The summed E-state index contributed by atoms with van der Waals surface area (Å²) in [5.74, 6) is 0. The van der Waals surface area contributed by atoms with E-state index in [0.717, 1.165) is 13.1 Å². The molecule has 21 heavy (non-hydrogen) atoms. The van der Waals surface area contributed by atoms with Crippen molar-refractivity contribution in [2.24, 2.45) is 0 Å². The minimum atomic E-state index is 0.0581. The van der Waals surface area contributed by atoms with Crippen molar-refractivity contribution in [3.63, 3.8) is 0 Å². The molecule has 1 unspecified atom stereocenters. The van der Waals surface area contributed by atoms with E-state index in [2.05, 4.69) is 68.2 Å². The molecule has 0 radical (unpaired) electrons.